The molecule has 0 aromatic rings. The van der Waals surface area contributed by atoms with Crippen LogP contribution < -0.4 is 0 Å². The lowest BCUT2D eigenvalue weighted by Gasteiger charge is -2.33. The lowest BCUT2D eigenvalue weighted by Crippen LogP contribution is -2.36. The molecule has 0 aliphatic carbocycles. The Labute approximate surface area is 67.6 Å². The highest BCUT2D eigenvalue weighted by Crippen LogP contribution is 2.34. The Morgan fingerprint density at radius 3 is 2.30 bits per heavy atom. The maximum Gasteiger partial charge on any atom is 0.0389 e. The van der Waals surface area contributed by atoms with Crippen molar-refractivity contribution < 1.29 is 0 Å². The molecule has 0 radical (unpaired) electrons. The summed E-state index contributed by atoms with van der Waals surface area (Å²) in [5.41, 5.74) is 0. The van der Waals surface area contributed by atoms with E-state index in [1.807, 2.05) is 0 Å². The minimum absolute atomic E-state index is 0.622. The molecule has 1 saturated heterocycles. The largest absolute Gasteiger partial charge is 0.239 e. The van der Waals surface area contributed by atoms with E-state index >= 15 is 0 Å². The molecule has 2 heterocycles. The van der Waals surface area contributed by atoms with E-state index in [-0.39, 0.29) is 0 Å². The predicted octanol–water partition coefficient (Wildman–Crippen LogP) is 1.87. The molecule has 0 spiro atoms. The number of thiol groups is 1. The van der Waals surface area contributed by atoms with E-state index in [0.29, 0.717) is 12.1 Å². The second-order valence-corrected chi connectivity index (χ2v) is 3.94. The van der Waals surface area contributed by atoms with Gasteiger partial charge in [-0.3, -0.25) is 0 Å². The van der Waals surface area contributed by atoms with Crippen molar-refractivity contribution in [1.29, 1.82) is 0 Å². The number of rotatable bonds is 0. The Balaban J connectivity index is 2.15. The molecule has 0 unspecified atom stereocenters. The maximum atomic E-state index is 4.43. The molecule has 2 rings (SSSR count). The Bertz CT molecular complexity index is 151. The first-order valence-electron chi connectivity index (χ1n) is 3.93. The normalized spacial score (nSPS) is 46.4. The first-order chi connectivity index (χ1) is 4.77. The van der Waals surface area contributed by atoms with Crippen molar-refractivity contribution in [3.8, 4) is 0 Å². The number of piperidine rings is 1. The van der Waals surface area contributed by atoms with Crippen molar-refractivity contribution in [2.24, 2.45) is 5.92 Å². The summed E-state index contributed by atoms with van der Waals surface area (Å²) in [7, 11) is 0. The van der Waals surface area contributed by atoms with Gasteiger partial charge in [0.15, 0.2) is 0 Å². The standard InChI is InChI=1S/C8H13NS/c1-6-4-7-2-3-8(5-6)9(7)10/h2-3,6-8,10H,4-5H2,1H3/t7-,8-/m0/s1. The second kappa shape index (κ2) is 2.28. The van der Waals surface area contributed by atoms with Crippen LogP contribution in [0.2, 0.25) is 0 Å². The van der Waals surface area contributed by atoms with Gasteiger partial charge in [-0.25, -0.2) is 4.31 Å². The summed E-state index contributed by atoms with van der Waals surface area (Å²) >= 11 is 4.43. The van der Waals surface area contributed by atoms with Gasteiger partial charge in [0.1, 0.15) is 0 Å². The number of fused-ring (bicyclic) bond motifs is 2. The van der Waals surface area contributed by atoms with Gasteiger partial charge in [0.2, 0.25) is 0 Å². The molecule has 2 aliphatic heterocycles. The summed E-state index contributed by atoms with van der Waals surface area (Å²) in [6.07, 6.45) is 7.16. The maximum absolute atomic E-state index is 4.43. The second-order valence-electron chi connectivity index (χ2n) is 3.48. The summed E-state index contributed by atoms with van der Waals surface area (Å²) in [4.78, 5) is 0. The summed E-state index contributed by atoms with van der Waals surface area (Å²) in [6, 6.07) is 1.24. The van der Waals surface area contributed by atoms with E-state index in [2.05, 4.69) is 36.2 Å². The molecule has 0 amide bonds. The third kappa shape index (κ3) is 0.903. The molecule has 2 bridgehead atoms. The van der Waals surface area contributed by atoms with Crippen LogP contribution in [-0.4, -0.2) is 16.4 Å². The lowest BCUT2D eigenvalue weighted by atomic mass is 9.94. The summed E-state index contributed by atoms with van der Waals surface area (Å²) in [5, 5.41) is 0. The third-order valence-corrected chi connectivity index (χ3v) is 3.12. The summed E-state index contributed by atoms with van der Waals surface area (Å²) < 4.78 is 2.18. The Kier molecular flexibility index (Phi) is 1.53. The predicted molar refractivity (Wildman–Crippen MR) is 45.9 cm³/mol. The van der Waals surface area contributed by atoms with Crippen LogP contribution in [0.3, 0.4) is 0 Å². The van der Waals surface area contributed by atoms with Gasteiger partial charge in [0.25, 0.3) is 0 Å². The first kappa shape index (κ1) is 6.74. The average Bonchev–Trinajstić information content (AvgIpc) is 2.20. The van der Waals surface area contributed by atoms with E-state index in [1.165, 1.54) is 12.8 Å². The van der Waals surface area contributed by atoms with Crippen molar-refractivity contribution >= 4 is 12.8 Å². The van der Waals surface area contributed by atoms with Gasteiger partial charge in [-0.1, -0.05) is 31.9 Å². The molecule has 2 aliphatic rings. The van der Waals surface area contributed by atoms with Gasteiger partial charge in [-0.05, 0) is 18.8 Å². The van der Waals surface area contributed by atoms with Gasteiger partial charge in [0.05, 0.1) is 0 Å². The number of hydrogen-bond acceptors (Lipinski definition) is 2. The average molecular weight is 155 g/mol. The summed E-state index contributed by atoms with van der Waals surface area (Å²) in [5.74, 6) is 0.883. The van der Waals surface area contributed by atoms with E-state index in [9.17, 15) is 0 Å². The Hall–Kier alpha value is 0.0500. The fraction of sp³-hybridized carbons (Fsp3) is 0.750. The fourth-order valence-electron chi connectivity index (χ4n) is 1.97. The SMILES string of the molecule is CC1C[C@@H]2C=C[C@@H](C1)N2S. The molecule has 0 N–H and O–H groups in total. The van der Waals surface area contributed by atoms with Crippen molar-refractivity contribution in [1.82, 2.24) is 4.31 Å². The van der Waals surface area contributed by atoms with Crippen molar-refractivity contribution in [3.63, 3.8) is 0 Å². The molecule has 0 aromatic heterocycles. The van der Waals surface area contributed by atoms with Crippen LogP contribution in [0.4, 0.5) is 0 Å². The quantitative estimate of drug-likeness (QED) is 0.413. The first-order valence-corrected chi connectivity index (χ1v) is 4.33. The van der Waals surface area contributed by atoms with Crippen molar-refractivity contribution in [2.45, 2.75) is 31.8 Å². The van der Waals surface area contributed by atoms with Gasteiger partial charge in [-0.15, -0.1) is 0 Å². The molecule has 1 fully saturated rings. The van der Waals surface area contributed by atoms with Crippen LogP contribution in [0, 0.1) is 5.92 Å². The zero-order valence-corrected chi connectivity index (χ0v) is 7.09. The van der Waals surface area contributed by atoms with Crippen LogP contribution in [0.25, 0.3) is 0 Å². The van der Waals surface area contributed by atoms with Crippen LogP contribution >= 0.6 is 12.8 Å². The van der Waals surface area contributed by atoms with Crippen LogP contribution in [0.5, 0.6) is 0 Å². The van der Waals surface area contributed by atoms with Gasteiger partial charge in [0, 0.05) is 12.1 Å². The molecule has 0 saturated carbocycles. The zero-order valence-electron chi connectivity index (χ0n) is 6.20. The van der Waals surface area contributed by atoms with Gasteiger partial charge < -0.3 is 0 Å². The van der Waals surface area contributed by atoms with E-state index in [4.69, 9.17) is 0 Å². The molecule has 10 heavy (non-hydrogen) atoms. The molecule has 2 heteroatoms. The highest BCUT2D eigenvalue weighted by atomic mass is 32.1. The topological polar surface area (TPSA) is 3.24 Å². The van der Waals surface area contributed by atoms with E-state index in [1.54, 1.807) is 0 Å². The smallest absolute Gasteiger partial charge is 0.0389 e. The fourth-order valence-corrected chi connectivity index (χ4v) is 2.32. The minimum atomic E-state index is 0.622. The molecule has 1 nitrogen and oxygen atoms in total. The molecular formula is C8H13NS. The van der Waals surface area contributed by atoms with Crippen LogP contribution in [0.1, 0.15) is 19.8 Å². The Morgan fingerprint density at radius 1 is 1.30 bits per heavy atom. The highest BCUT2D eigenvalue weighted by Gasteiger charge is 2.33. The lowest BCUT2D eigenvalue weighted by molar-refractivity contribution is 0.236. The molecule has 2 atom stereocenters. The monoisotopic (exact) mass is 155 g/mol. The minimum Gasteiger partial charge on any atom is -0.239 e. The van der Waals surface area contributed by atoms with Crippen molar-refractivity contribution in [3.05, 3.63) is 12.2 Å². The summed E-state index contributed by atoms with van der Waals surface area (Å²) in [6.45, 7) is 2.33. The number of hydrogen-bond donors (Lipinski definition) is 1. The third-order valence-electron chi connectivity index (χ3n) is 2.52. The van der Waals surface area contributed by atoms with E-state index in [0.717, 1.165) is 5.92 Å². The molecule has 0 aromatic carbocycles. The van der Waals surface area contributed by atoms with Gasteiger partial charge >= 0.3 is 0 Å². The number of nitrogens with zero attached hydrogens (tertiary/aromatic N) is 1. The zero-order chi connectivity index (χ0) is 7.14. The van der Waals surface area contributed by atoms with Crippen LogP contribution in [0.15, 0.2) is 12.2 Å². The highest BCUT2D eigenvalue weighted by molar-refractivity contribution is 7.77. The Morgan fingerprint density at radius 2 is 1.80 bits per heavy atom. The molecule has 56 valence electrons. The van der Waals surface area contributed by atoms with Gasteiger partial charge in [-0.2, -0.15) is 0 Å². The van der Waals surface area contributed by atoms with Crippen molar-refractivity contribution in [2.75, 3.05) is 0 Å². The van der Waals surface area contributed by atoms with Crippen LogP contribution in [-0.2, 0) is 0 Å². The van der Waals surface area contributed by atoms with E-state index < -0.39 is 0 Å². The molecular weight excluding hydrogens is 142 g/mol.